The fraction of sp³-hybridized carbons (Fsp3) is 0.231. The number of hydrogen-bond acceptors (Lipinski definition) is 5. The minimum Gasteiger partial charge on any atom is -0.360 e. The third-order valence-electron chi connectivity index (χ3n) is 6.37. The number of ketones is 1. The second kappa shape index (κ2) is 9.79. The Labute approximate surface area is 205 Å². The average molecular weight is 491 g/mol. The molecule has 0 radical (unpaired) electrons. The summed E-state index contributed by atoms with van der Waals surface area (Å²) in [5, 5.41) is 5.16. The number of halogens is 1. The topological polar surface area (TPSA) is 95.2 Å². The van der Waals surface area contributed by atoms with Crippen LogP contribution in [0.4, 0.5) is 9.52 Å². The number of thiazole rings is 1. The van der Waals surface area contributed by atoms with Gasteiger partial charge in [-0.2, -0.15) is 0 Å². The first-order valence-corrected chi connectivity index (χ1v) is 12.3. The number of piperidine rings is 1. The number of carbonyl (C=O) groups excluding carboxylic acids is 3. The number of rotatable bonds is 6. The molecule has 2 N–H and O–H groups in total. The number of Topliss-reactive ketones (excluding diaryl/α,β-unsaturated/α-hetero) is 1. The third kappa shape index (κ3) is 5.00. The zero-order valence-electron chi connectivity index (χ0n) is 18.8. The standard InChI is InChI=1S/C26H23FN4O3S/c27-19-4-1-16(2-5-19)13-17-7-10-31(11-8-17)25(34)21-15-29-22-6-3-18(14-20(21)22)23(32)24(33)30-26-28-9-12-35-26/h1-6,9,12,14-15,17,29H,7-8,10-11,13H2,(H,28,30,33). The number of likely N-dealkylation sites (tertiary alicyclic amines) is 1. The van der Waals surface area contributed by atoms with Crippen molar-refractivity contribution < 1.29 is 18.8 Å². The van der Waals surface area contributed by atoms with Crippen molar-refractivity contribution in [2.75, 3.05) is 18.4 Å². The fourth-order valence-corrected chi connectivity index (χ4v) is 5.00. The predicted molar refractivity (Wildman–Crippen MR) is 132 cm³/mol. The van der Waals surface area contributed by atoms with Crippen LogP contribution in [0.15, 0.2) is 60.2 Å². The van der Waals surface area contributed by atoms with Crippen molar-refractivity contribution in [2.45, 2.75) is 19.3 Å². The number of anilines is 1. The molecule has 0 saturated carbocycles. The van der Waals surface area contributed by atoms with Gasteiger partial charge in [0.05, 0.1) is 5.56 Å². The molecule has 2 aromatic carbocycles. The van der Waals surface area contributed by atoms with E-state index in [0.29, 0.717) is 35.1 Å². The van der Waals surface area contributed by atoms with E-state index in [0.717, 1.165) is 30.3 Å². The van der Waals surface area contributed by atoms with Crippen LogP contribution in [0.25, 0.3) is 10.9 Å². The van der Waals surface area contributed by atoms with Gasteiger partial charge in [0.25, 0.3) is 17.6 Å². The molecule has 35 heavy (non-hydrogen) atoms. The summed E-state index contributed by atoms with van der Waals surface area (Å²) in [6.07, 6.45) is 5.80. The van der Waals surface area contributed by atoms with E-state index in [2.05, 4.69) is 15.3 Å². The van der Waals surface area contributed by atoms with Crippen LogP contribution in [0, 0.1) is 11.7 Å². The maximum atomic E-state index is 13.3. The second-order valence-electron chi connectivity index (χ2n) is 8.65. The Bertz CT molecular complexity index is 1370. The highest BCUT2D eigenvalue weighted by Crippen LogP contribution is 2.26. The lowest BCUT2D eigenvalue weighted by atomic mass is 9.90. The Kier molecular flexibility index (Phi) is 6.41. The molecule has 1 fully saturated rings. The van der Waals surface area contributed by atoms with E-state index in [-0.39, 0.29) is 17.3 Å². The quantitative estimate of drug-likeness (QED) is 0.303. The summed E-state index contributed by atoms with van der Waals surface area (Å²) < 4.78 is 13.1. The zero-order chi connectivity index (χ0) is 24.4. The number of amides is 2. The normalized spacial score (nSPS) is 14.3. The summed E-state index contributed by atoms with van der Waals surface area (Å²) in [4.78, 5) is 47.2. The number of aromatic nitrogens is 2. The summed E-state index contributed by atoms with van der Waals surface area (Å²) in [6, 6.07) is 11.4. The Balaban J connectivity index is 1.26. The maximum absolute atomic E-state index is 13.3. The number of aromatic amines is 1. The highest BCUT2D eigenvalue weighted by atomic mass is 32.1. The van der Waals surface area contributed by atoms with Crippen LogP contribution < -0.4 is 5.32 Å². The molecule has 178 valence electrons. The van der Waals surface area contributed by atoms with E-state index in [9.17, 15) is 18.8 Å². The van der Waals surface area contributed by atoms with E-state index in [4.69, 9.17) is 0 Å². The number of H-pyrrole nitrogens is 1. The number of fused-ring (bicyclic) bond motifs is 1. The van der Waals surface area contributed by atoms with Gasteiger partial charge < -0.3 is 9.88 Å². The molecular formula is C26H23FN4O3S. The van der Waals surface area contributed by atoms with Crippen molar-refractivity contribution in [3.8, 4) is 0 Å². The number of benzene rings is 2. The van der Waals surface area contributed by atoms with Gasteiger partial charge in [0.15, 0.2) is 5.13 Å². The minimum atomic E-state index is -0.772. The lowest BCUT2D eigenvalue weighted by Gasteiger charge is -2.32. The van der Waals surface area contributed by atoms with Gasteiger partial charge in [-0.15, -0.1) is 11.3 Å². The molecule has 0 unspecified atom stereocenters. The molecule has 9 heteroatoms. The summed E-state index contributed by atoms with van der Waals surface area (Å²) >= 11 is 1.23. The Hall–Kier alpha value is -3.85. The molecule has 1 saturated heterocycles. The monoisotopic (exact) mass is 490 g/mol. The van der Waals surface area contributed by atoms with Gasteiger partial charge in [-0.25, -0.2) is 9.37 Å². The van der Waals surface area contributed by atoms with E-state index >= 15 is 0 Å². The van der Waals surface area contributed by atoms with Crippen molar-refractivity contribution in [3.05, 3.63) is 82.7 Å². The first-order valence-electron chi connectivity index (χ1n) is 11.4. The molecule has 0 bridgehead atoms. The van der Waals surface area contributed by atoms with Crippen molar-refractivity contribution in [2.24, 2.45) is 5.92 Å². The van der Waals surface area contributed by atoms with Gasteiger partial charge in [-0.1, -0.05) is 12.1 Å². The summed E-state index contributed by atoms with van der Waals surface area (Å²) in [7, 11) is 0. The molecule has 0 atom stereocenters. The zero-order valence-corrected chi connectivity index (χ0v) is 19.6. The SMILES string of the molecule is O=C(Nc1nccs1)C(=O)c1ccc2[nH]cc(C(=O)N3CCC(Cc4ccc(F)cc4)CC3)c2c1. The van der Waals surface area contributed by atoms with E-state index in [1.807, 2.05) is 17.0 Å². The molecule has 0 spiro atoms. The number of nitrogens with one attached hydrogen (secondary N) is 2. The molecular weight excluding hydrogens is 467 g/mol. The summed E-state index contributed by atoms with van der Waals surface area (Å²) in [5.41, 5.74) is 2.51. The maximum Gasteiger partial charge on any atom is 0.298 e. The highest BCUT2D eigenvalue weighted by molar-refractivity contribution is 7.13. The molecule has 2 aromatic heterocycles. The Morgan fingerprint density at radius 1 is 1.11 bits per heavy atom. The van der Waals surface area contributed by atoms with Crippen molar-refractivity contribution in [1.82, 2.24) is 14.9 Å². The van der Waals surface area contributed by atoms with E-state index in [1.54, 1.807) is 36.0 Å². The van der Waals surface area contributed by atoms with Crippen molar-refractivity contribution in [1.29, 1.82) is 0 Å². The summed E-state index contributed by atoms with van der Waals surface area (Å²) in [5.74, 6) is -1.37. The molecule has 1 aliphatic heterocycles. The Morgan fingerprint density at radius 2 is 1.89 bits per heavy atom. The minimum absolute atomic E-state index is 0.103. The number of hydrogen-bond donors (Lipinski definition) is 2. The first kappa shape index (κ1) is 22.9. The fourth-order valence-electron chi connectivity index (χ4n) is 4.47. The van der Waals surface area contributed by atoms with Crippen LogP contribution in [0.2, 0.25) is 0 Å². The van der Waals surface area contributed by atoms with Crippen LogP contribution >= 0.6 is 11.3 Å². The molecule has 1 aliphatic rings. The lowest BCUT2D eigenvalue weighted by molar-refractivity contribution is -0.112. The third-order valence-corrected chi connectivity index (χ3v) is 7.06. The largest absolute Gasteiger partial charge is 0.360 e. The molecule has 0 aliphatic carbocycles. The van der Waals surface area contributed by atoms with E-state index in [1.165, 1.54) is 23.5 Å². The van der Waals surface area contributed by atoms with Crippen LogP contribution in [0.3, 0.4) is 0 Å². The smallest absolute Gasteiger partial charge is 0.298 e. The van der Waals surface area contributed by atoms with Gasteiger partial charge in [-0.05, 0) is 61.1 Å². The van der Waals surface area contributed by atoms with E-state index < -0.39 is 11.7 Å². The molecule has 7 nitrogen and oxygen atoms in total. The lowest BCUT2D eigenvalue weighted by Crippen LogP contribution is -2.38. The van der Waals surface area contributed by atoms with Gasteiger partial charge in [0, 0.05) is 47.3 Å². The second-order valence-corrected chi connectivity index (χ2v) is 9.54. The first-order chi connectivity index (χ1) is 17.0. The van der Waals surface area contributed by atoms with Crippen LogP contribution in [-0.4, -0.2) is 45.6 Å². The van der Waals surface area contributed by atoms with Crippen molar-refractivity contribution in [3.63, 3.8) is 0 Å². The van der Waals surface area contributed by atoms with Gasteiger partial charge in [-0.3, -0.25) is 19.7 Å². The molecule has 2 amide bonds. The van der Waals surface area contributed by atoms with Gasteiger partial charge in [0.2, 0.25) is 0 Å². The molecule has 3 heterocycles. The predicted octanol–water partition coefficient (Wildman–Crippen LogP) is 4.68. The summed E-state index contributed by atoms with van der Waals surface area (Å²) in [6.45, 7) is 1.26. The molecule has 4 aromatic rings. The van der Waals surface area contributed by atoms with Crippen LogP contribution in [0.5, 0.6) is 0 Å². The van der Waals surface area contributed by atoms with Gasteiger partial charge >= 0.3 is 0 Å². The van der Waals surface area contributed by atoms with Crippen molar-refractivity contribution >= 4 is 45.0 Å². The van der Waals surface area contributed by atoms with Crippen LogP contribution in [-0.2, 0) is 11.2 Å². The average Bonchev–Trinajstić information content (AvgIpc) is 3.54. The van der Waals surface area contributed by atoms with Crippen LogP contribution in [0.1, 0.15) is 39.1 Å². The highest BCUT2D eigenvalue weighted by Gasteiger charge is 2.26. The molecule has 5 rings (SSSR count). The van der Waals surface area contributed by atoms with Gasteiger partial charge in [0.1, 0.15) is 5.82 Å². The number of nitrogens with zero attached hydrogens (tertiary/aromatic N) is 2. The Morgan fingerprint density at radius 3 is 2.60 bits per heavy atom. The number of carbonyl (C=O) groups is 3.